The molecule has 2 aliphatic carbocycles. The van der Waals surface area contributed by atoms with E-state index in [1.165, 1.54) is 30.8 Å². The topological polar surface area (TPSA) is 69.2 Å². The molecule has 0 radical (unpaired) electrons. The van der Waals surface area contributed by atoms with Crippen molar-refractivity contribution in [1.82, 2.24) is 19.7 Å². The second-order valence-corrected chi connectivity index (χ2v) is 9.68. The van der Waals surface area contributed by atoms with E-state index < -0.39 is 12.6 Å². The fraction of sp³-hybridized carbons (Fsp3) is 0.652. The Hall–Kier alpha value is -2.13. The summed E-state index contributed by atoms with van der Waals surface area (Å²) in [6, 6.07) is 4.35. The van der Waals surface area contributed by atoms with Gasteiger partial charge in [0, 0.05) is 54.1 Å². The van der Waals surface area contributed by atoms with Gasteiger partial charge in [-0.15, -0.1) is 0 Å². The molecule has 32 heavy (non-hydrogen) atoms. The van der Waals surface area contributed by atoms with Crippen LogP contribution in [-0.2, 0) is 11.2 Å². The number of hydrogen-bond acceptors (Lipinski definition) is 5. The number of alkyl halides is 3. The Morgan fingerprint density at radius 2 is 1.84 bits per heavy atom. The monoisotopic (exact) mass is 449 g/mol. The number of pyridine rings is 1. The smallest absolute Gasteiger partial charge is 0.383 e. The lowest BCUT2D eigenvalue weighted by atomic mass is 10.0. The summed E-state index contributed by atoms with van der Waals surface area (Å²) in [5.41, 5.74) is 8.14. The van der Waals surface area contributed by atoms with Gasteiger partial charge in [-0.05, 0) is 50.7 Å². The largest absolute Gasteiger partial charge is 0.393 e. The lowest BCUT2D eigenvalue weighted by molar-refractivity contribution is -0.127. The first-order valence-electron chi connectivity index (χ1n) is 11.4. The van der Waals surface area contributed by atoms with Crippen molar-refractivity contribution in [3.05, 3.63) is 29.6 Å². The van der Waals surface area contributed by atoms with Gasteiger partial charge < -0.3 is 10.5 Å². The summed E-state index contributed by atoms with van der Waals surface area (Å²) in [5, 5.41) is 4.77. The van der Waals surface area contributed by atoms with Crippen LogP contribution >= 0.6 is 0 Å². The summed E-state index contributed by atoms with van der Waals surface area (Å²) in [5.74, 6) is 1.72. The second-order valence-electron chi connectivity index (χ2n) is 9.68. The molecule has 1 aliphatic heterocycles. The number of halogens is 3. The number of hydrogen-bond donors (Lipinski definition) is 1. The molecule has 0 aromatic carbocycles. The van der Waals surface area contributed by atoms with Crippen molar-refractivity contribution in [2.24, 2.45) is 11.8 Å². The lowest BCUT2D eigenvalue weighted by Gasteiger charge is -2.33. The van der Waals surface area contributed by atoms with E-state index in [9.17, 15) is 13.2 Å². The van der Waals surface area contributed by atoms with Gasteiger partial charge in [0.25, 0.3) is 0 Å². The maximum atomic E-state index is 12.9. The molecule has 4 atom stereocenters. The van der Waals surface area contributed by atoms with Crippen molar-refractivity contribution in [3.63, 3.8) is 0 Å². The summed E-state index contributed by atoms with van der Waals surface area (Å²) >= 11 is 0. The molecule has 174 valence electrons. The molecule has 3 fully saturated rings. The molecular weight excluding hydrogens is 419 g/mol. The minimum absolute atomic E-state index is 0.00714. The first-order chi connectivity index (χ1) is 15.2. The third-order valence-corrected chi connectivity index (χ3v) is 7.27. The molecule has 6 nitrogen and oxygen atoms in total. The highest BCUT2D eigenvalue weighted by Crippen LogP contribution is 2.64. The molecule has 3 aliphatic rings. The summed E-state index contributed by atoms with van der Waals surface area (Å²) in [6.45, 7) is 7.87. The summed E-state index contributed by atoms with van der Waals surface area (Å²) < 4.78 is 46.3. The zero-order valence-electron chi connectivity index (χ0n) is 18.5. The molecule has 0 unspecified atom stereocenters. The highest BCUT2D eigenvalue weighted by Gasteiger charge is 2.58. The molecule has 0 spiro atoms. The van der Waals surface area contributed by atoms with Gasteiger partial charge in [0.1, 0.15) is 5.82 Å². The van der Waals surface area contributed by atoms with Gasteiger partial charge in [-0.25, -0.2) is 4.98 Å². The van der Waals surface area contributed by atoms with Crippen LogP contribution in [0.15, 0.2) is 18.3 Å². The van der Waals surface area contributed by atoms with E-state index in [1.54, 1.807) is 0 Å². The van der Waals surface area contributed by atoms with E-state index in [4.69, 9.17) is 15.6 Å². The number of morpholine rings is 1. The van der Waals surface area contributed by atoms with Crippen molar-refractivity contribution in [1.29, 1.82) is 0 Å². The normalized spacial score (nSPS) is 28.3. The predicted octanol–water partition coefficient (Wildman–Crippen LogP) is 4.04. The molecule has 1 saturated heterocycles. The number of aromatic nitrogens is 3. The van der Waals surface area contributed by atoms with E-state index >= 15 is 0 Å². The zero-order chi connectivity index (χ0) is 22.6. The van der Waals surface area contributed by atoms with E-state index in [0.29, 0.717) is 35.1 Å². The third-order valence-electron chi connectivity index (χ3n) is 7.27. The predicted molar refractivity (Wildman–Crippen MR) is 115 cm³/mol. The van der Waals surface area contributed by atoms with E-state index in [1.807, 2.05) is 4.68 Å². The average molecular weight is 450 g/mol. The van der Waals surface area contributed by atoms with Crippen LogP contribution in [0.4, 0.5) is 19.0 Å². The van der Waals surface area contributed by atoms with Crippen molar-refractivity contribution < 1.29 is 17.9 Å². The Kier molecular flexibility index (Phi) is 5.44. The van der Waals surface area contributed by atoms with Crippen LogP contribution in [0.5, 0.6) is 0 Å². The quantitative estimate of drug-likeness (QED) is 0.746. The van der Waals surface area contributed by atoms with Gasteiger partial charge in [-0.3, -0.25) is 9.58 Å². The molecular formula is C23H30F3N5O. The van der Waals surface area contributed by atoms with Crippen LogP contribution in [0, 0.1) is 11.8 Å². The highest BCUT2D eigenvalue weighted by molar-refractivity contribution is 5.62. The number of nitrogens with zero attached hydrogens (tertiary/aromatic N) is 4. The molecule has 2 aromatic heterocycles. The Morgan fingerprint density at radius 3 is 2.47 bits per heavy atom. The van der Waals surface area contributed by atoms with Gasteiger partial charge in [0.15, 0.2) is 0 Å². The van der Waals surface area contributed by atoms with Crippen LogP contribution in [0.2, 0.25) is 0 Å². The van der Waals surface area contributed by atoms with E-state index in [0.717, 1.165) is 26.3 Å². The van der Waals surface area contributed by atoms with Crippen molar-refractivity contribution in [3.8, 4) is 11.3 Å². The summed E-state index contributed by atoms with van der Waals surface area (Å²) in [4.78, 5) is 6.59. The van der Waals surface area contributed by atoms with Crippen LogP contribution in [0.3, 0.4) is 0 Å². The fourth-order valence-corrected chi connectivity index (χ4v) is 5.72. The van der Waals surface area contributed by atoms with Crippen LogP contribution in [0.1, 0.15) is 49.9 Å². The van der Waals surface area contributed by atoms with Crippen molar-refractivity contribution >= 4 is 5.82 Å². The van der Waals surface area contributed by atoms with Gasteiger partial charge in [-0.1, -0.05) is 0 Å². The summed E-state index contributed by atoms with van der Waals surface area (Å²) in [7, 11) is 0. The lowest BCUT2D eigenvalue weighted by Crippen LogP contribution is -2.43. The highest BCUT2D eigenvalue weighted by atomic mass is 19.4. The number of nitrogen functional groups attached to an aromatic ring is 1. The molecule has 2 aromatic rings. The van der Waals surface area contributed by atoms with Crippen LogP contribution in [0.25, 0.3) is 11.3 Å². The van der Waals surface area contributed by atoms with Gasteiger partial charge in [0.2, 0.25) is 0 Å². The molecule has 2 N–H and O–H groups in total. The first kappa shape index (κ1) is 21.7. The Balaban J connectivity index is 1.36. The van der Waals surface area contributed by atoms with Gasteiger partial charge >= 0.3 is 6.18 Å². The zero-order valence-corrected chi connectivity index (χ0v) is 18.5. The molecule has 0 amide bonds. The van der Waals surface area contributed by atoms with Gasteiger partial charge in [-0.2, -0.15) is 18.3 Å². The molecule has 2 saturated carbocycles. The second kappa shape index (κ2) is 8.02. The van der Waals surface area contributed by atoms with E-state index in [2.05, 4.69) is 29.8 Å². The average Bonchev–Trinajstić information content (AvgIpc) is 3.09. The number of fused-ring (bicyclic) bond motifs is 1. The van der Waals surface area contributed by atoms with Crippen LogP contribution < -0.4 is 5.73 Å². The SMILES string of the molecule is CC(C)n1nc(-c2cnc(N)c(CC(F)(F)F)c2)cc1[C@H]1[C@@H]2C[C@@H](N3CCOCC3)C[C@@H]21. The Labute approximate surface area is 185 Å². The van der Waals surface area contributed by atoms with Crippen molar-refractivity contribution in [2.75, 3.05) is 32.0 Å². The number of anilines is 1. The van der Waals surface area contributed by atoms with Crippen LogP contribution in [-0.4, -0.2) is 58.2 Å². The maximum absolute atomic E-state index is 12.9. The first-order valence-corrected chi connectivity index (χ1v) is 11.4. The number of ether oxygens (including phenoxy) is 1. The Morgan fingerprint density at radius 1 is 1.16 bits per heavy atom. The minimum atomic E-state index is -4.33. The maximum Gasteiger partial charge on any atom is 0.393 e. The molecule has 0 bridgehead atoms. The molecule has 3 heterocycles. The summed E-state index contributed by atoms with van der Waals surface area (Å²) in [6.07, 6.45) is -1.50. The molecule has 9 heteroatoms. The number of rotatable bonds is 5. The Bertz CT molecular complexity index is 970. The fourth-order valence-electron chi connectivity index (χ4n) is 5.72. The standard InChI is InChI=1S/C23H30F3N5O/c1-13(2)31-20(21-17-8-16(9-18(17)21)30-3-5-32-6-4-30)10-19(29-31)15-7-14(11-23(24,25)26)22(27)28-12-15/h7,10,12-13,16-18,21H,3-6,8-9,11H2,1-2H3,(H2,27,28)/t16-,17-,18+,21+. The third kappa shape index (κ3) is 4.12. The van der Waals surface area contributed by atoms with E-state index in [-0.39, 0.29) is 17.4 Å². The van der Waals surface area contributed by atoms with Gasteiger partial charge in [0.05, 0.1) is 25.3 Å². The van der Waals surface area contributed by atoms with Crippen molar-refractivity contribution in [2.45, 2.75) is 57.3 Å². The number of nitrogens with two attached hydrogens (primary N) is 1. The minimum Gasteiger partial charge on any atom is -0.383 e. The molecule has 5 rings (SSSR count).